The predicted octanol–water partition coefficient (Wildman–Crippen LogP) is 2.39. The molecule has 1 aromatic carbocycles. The minimum atomic E-state index is 0.229. The van der Waals surface area contributed by atoms with Crippen LogP contribution in [0, 0.1) is 0 Å². The van der Waals surface area contributed by atoms with Crippen LogP contribution in [0.15, 0.2) is 18.2 Å². The van der Waals surface area contributed by atoms with E-state index in [1.807, 2.05) is 12.1 Å². The lowest BCUT2D eigenvalue weighted by Crippen LogP contribution is -2.26. The van der Waals surface area contributed by atoms with Crippen molar-refractivity contribution >= 4 is 0 Å². The van der Waals surface area contributed by atoms with Gasteiger partial charge in [-0.1, -0.05) is 6.07 Å². The van der Waals surface area contributed by atoms with Gasteiger partial charge in [-0.2, -0.15) is 0 Å². The summed E-state index contributed by atoms with van der Waals surface area (Å²) in [4.78, 5) is 2.45. The molecule has 1 unspecified atom stereocenters. The Hall–Kier alpha value is -1.22. The molecule has 0 spiro atoms. The van der Waals surface area contributed by atoms with Crippen LogP contribution in [0.1, 0.15) is 25.3 Å². The maximum absolute atomic E-state index is 9.69. The van der Waals surface area contributed by atoms with Gasteiger partial charge in [-0.15, -0.1) is 0 Å². The first-order valence-electron chi connectivity index (χ1n) is 5.80. The molecule has 1 aromatic rings. The molecule has 1 aliphatic heterocycles. The van der Waals surface area contributed by atoms with Crippen LogP contribution in [-0.4, -0.2) is 29.7 Å². The Kier molecular flexibility index (Phi) is 3.34. The van der Waals surface area contributed by atoms with Crippen molar-refractivity contribution in [3.05, 3.63) is 23.8 Å². The fraction of sp³-hybridized carbons (Fsp3) is 0.538. The van der Waals surface area contributed by atoms with E-state index in [2.05, 4.69) is 11.8 Å². The third kappa shape index (κ3) is 2.30. The molecule has 0 saturated carbocycles. The molecule has 1 aliphatic rings. The van der Waals surface area contributed by atoms with Gasteiger partial charge in [0.15, 0.2) is 11.5 Å². The van der Waals surface area contributed by atoms with Crippen LogP contribution in [0.25, 0.3) is 0 Å². The highest BCUT2D eigenvalue weighted by Gasteiger charge is 2.20. The van der Waals surface area contributed by atoms with E-state index >= 15 is 0 Å². The van der Waals surface area contributed by atoms with E-state index in [0.29, 0.717) is 11.8 Å². The van der Waals surface area contributed by atoms with E-state index in [1.165, 1.54) is 12.8 Å². The fourth-order valence-corrected chi connectivity index (χ4v) is 2.30. The fourth-order valence-electron chi connectivity index (χ4n) is 2.30. The quantitative estimate of drug-likeness (QED) is 0.850. The summed E-state index contributed by atoms with van der Waals surface area (Å²) in [5, 5.41) is 9.69. The lowest BCUT2D eigenvalue weighted by molar-refractivity contribution is 0.260. The lowest BCUT2D eigenvalue weighted by atomic mass is 10.1. The van der Waals surface area contributed by atoms with Gasteiger partial charge in [-0.25, -0.2) is 0 Å². The Balaban J connectivity index is 2.07. The molecule has 1 atom stereocenters. The normalized spacial score (nSPS) is 21.2. The van der Waals surface area contributed by atoms with Gasteiger partial charge in [-0.3, -0.25) is 4.90 Å². The van der Waals surface area contributed by atoms with Gasteiger partial charge in [0.1, 0.15) is 0 Å². The van der Waals surface area contributed by atoms with Crippen molar-refractivity contribution in [1.29, 1.82) is 0 Å². The SMILES string of the molecule is COc1ccc(CN2CCCC2C)cc1O. The molecule has 1 N–H and O–H groups in total. The number of hydrogen-bond acceptors (Lipinski definition) is 3. The molecule has 1 heterocycles. The second-order valence-corrected chi connectivity index (χ2v) is 4.47. The van der Waals surface area contributed by atoms with Crippen LogP contribution in [0.2, 0.25) is 0 Å². The summed E-state index contributed by atoms with van der Waals surface area (Å²) < 4.78 is 5.03. The van der Waals surface area contributed by atoms with Crippen LogP contribution >= 0.6 is 0 Å². The van der Waals surface area contributed by atoms with Gasteiger partial charge in [0.25, 0.3) is 0 Å². The lowest BCUT2D eigenvalue weighted by Gasteiger charge is -2.21. The van der Waals surface area contributed by atoms with Crippen molar-refractivity contribution in [1.82, 2.24) is 4.90 Å². The zero-order chi connectivity index (χ0) is 11.5. The number of methoxy groups -OCH3 is 1. The van der Waals surface area contributed by atoms with Crippen molar-refractivity contribution < 1.29 is 9.84 Å². The van der Waals surface area contributed by atoms with Crippen molar-refractivity contribution in [2.75, 3.05) is 13.7 Å². The maximum atomic E-state index is 9.69. The average Bonchev–Trinajstić information content (AvgIpc) is 2.65. The molecular weight excluding hydrogens is 202 g/mol. The molecule has 16 heavy (non-hydrogen) atoms. The Bertz CT molecular complexity index is 365. The highest BCUT2D eigenvalue weighted by Crippen LogP contribution is 2.28. The molecule has 0 aromatic heterocycles. The zero-order valence-electron chi connectivity index (χ0n) is 9.94. The standard InChI is InChI=1S/C13H19NO2/c1-10-4-3-7-14(10)9-11-5-6-13(16-2)12(15)8-11/h5-6,8,10,15H,3-4,7,9H2,1-2H3. The monoisotopic (exact) mass is 221 g/mol. The third-order valence-corrected chi connectivity index (χ3v) is 3.32. The minimum absolute atomic E-state index is 0.229. The van der Waals surface area contributed by atoms with E-state index in [0.717, 1.165) is 18.7 Å². The van der Waals surface area contributed by atoms with Crippen molar-refractivity contribution in [3.8, 4) is 11.5 Å². The zero-order valence-corrected chi connectivity index (χ0v) is 9.94. The van der Waals surface area contributed by atoms with Gasteiger partial charge in [0, 0.05) is 12.6 Å². The number of aromatic hydroxyl groups is 1. The Morgan fingerprint density at radius 3 is 2.88 bits per heavy atom. The molecule has 1 fully saturated rings. The van der Waals surface area contributed by atoms with Crippen LogP contribution in [0.3, 0.4) is 0 Å². The van der Waals surface area contributed by atoms with Gasteiger partial charge in [-0.05, 0) is 44.0 Å². The van der Waals surface area contributed by atoms with Crippen molar-refractivity contribution in [3.63, 3.8) is 0 Å². The van der Waals surface area contributed by atoms with Crippen LogP contribution in [-0.2, 0) is 6.54 Å². The average molecular weight is 221 g/mol. The van der Waals surface area contributed by atoms with Gasteiger partial charge < -0.3 is 9.84 Å². The molecule has 88 valence electrons. The molecule has 0 bridgehead atoms. The number of nitrogens with zero attached hydrogens (tertiary/aromatic N) is 1. The second-order valence-electron chi connectivity index (χ2n) is 4.47. The topological polar surface area (TPSA) is 32.7 Å². The van der Waals surface area contributed by atoms with E-state index < -0.39 is 0 Å². The molecule has 0 radical (unpaired) electrons. The Morgan fingerprint density at radius 2 is 2.31 bits per heavy atom. The summed E-state index contributed by atoms with van der Waals surface area (Å²) in [6, 6.07) is 6.29. The van der Waals surface area contributed by atoms with E-state index in [9.17, 15) is 5.11 Å². The summed E-state index contributed by atoms with van der Waals surface area (Å²) in [7, 11) is 1.57. The van der Waals surface area contributed by atoms with Crippen molar-refractivity contribution in [2.24, 2.45) is 0 Å². The molecule has 1 saturated heterocycles. The first-order chi connectivity index (χ1) is 7.70. The summed E-state index contributed by atoms with van der Waals surface area (Å²) in [5.41, 5.74) is 1.15. The third-order valence-electron chi connectivity index (χ3n) is 3.32. The highest BCUT2D eigenvalue weighted by molar-refractivity contribution is 5.41. The molecule has 3 heteroatoms. The van der Waals surface area contributed by atoms with Crippen molar-refractivity contribution in [2.45, 2.75) is 32.4 Å². The number of ether oxygens (including phenoxy) is 1. The van der Waals surface area contributed by atoms with Gasteiger partial charge >= 0.3 is 0 Å². The Morgan fingerprint density at radius 1 is 1.50 bits per heavy atom. The number of hydrogen-bond donors (Lipinski definition) is 1. The number of rotatable bonds is 3. The molecule has 3 nitrogen and oxygen atoms in total. The van der Waals surface area contributed by atoms with E-state index in [1.54, 1.807) is 13.2 Å². The van der Waals surface area contributed by atoms with Crippen LogP contribution in [0.4, 0.5) is 0 Å². The molecule has 0 amide bonds. The second kappa shape index (κ2) is 4.74. The van der Waals surface area contributed by atoms with Gasteiger partial charge in [0.2, 0.25) is 0 Å². The highest BCUT2D eigenvalue weighted by atomic mass is 16.5. The largest absolute Gasteiger partial charge is 0.504 e. The number of likely N-dealkylation sites (tertiary alicyclic amines) is 1. The maximum Gasteiger partial charge on any atom is 0.160 e. The minimum Gasteiger partial charge on any atom is -0.504 e. The summed E-state index contributed by atoms with van der Waals surface area (Å²) in [5.74, 6) is 0.769. The first-order valence-corrected chi connectivity index (χ1v) is 5.80. The molecular formula is C13H19NO2. The first kappa shape index (κ1) is 11.3. The summed E-state index contributed by atoms with van der Waals surface area (Å²) in [6.45, 7) is 4.34. The predicted molar refractivity (Wildman–Crippen MR) is 63.8 cm³/mol. The molecule has 2 rings (SSSR count). The van der Waals surface area contributed by atoms with Crippen LogP contribution in [0.5, 0.6) is 11.5 Å². The van der Waals surface area contributed by atoms with E-state index in [4.69, 9.17) is 4.74 Å². The summed E-state index contributed by atoms with van der Waals surface area (Å²) in [6.07, 6.45) is 2.56. The smallest absolute Gasteiger partial charge is 0.160 e. The summed E-state index contributed by atoms with van der Waals surface area (Å²) >= 11 is 0. The Labute approximate surface area is 96.6 Å². The molecule has 0 aliphatic carbocycles. The number of phenols is 1. The van der Waals surface area contributed by atoms with Crippen LogP contribution < -0.4 is 4.74 Å². The number of benzene rings is 1. The van der Waals surface area contributed by atoms with Gasteiger partial charge in [0.05, 0.1) is 7.11 Å². The number of phenolic OH excluding ortho intramolecular Hbond substituents is 1. The van der Waals surface area contributed by atoms with E-state index in [-0.39, 0.29) is 5.75 Å².